The van der Waals surface area contributed by atoms with Crippen LogP contribution in [0, 0.1) is 0 Å². The van der Waals surface area contributed by atoms with Gasteiger partial charge >= 0.3 is 5.97 Å². The predicted molar refractivity (Wildman–Crippen MR) is 89.3 cm³/mol. The number of rotatable bonds is 4. The van der Waals surface area contributed by atoms with Gasteiger partial charge in [0, 0.05) is 22.7 Å². The van der Waals surface area contributed by atoms with Crippen LogP contribution in [0.25, 0.3) is 0 Å². The number of fused-ring (bicyclic) bond motifs is 1. The average molecular weight is 331 g/mol. The molecule has 1 aromatic heterocycles. The number of aryl methyl sites for hydroxylation is 1. The maximum absolute atomic E-state index is 12.2. The normalized spacial score (nSPS) is 13.4. The summed E-state index contributed by atoms with van der Waals surface area (Å²) in [7, 11) is 0. The van der Waals surface area contributed by atoms with Crippen LogP contribution in [-0.4, -0.2) is 29.0 Å². The Morgan fingerprint density at radius 2 is 2.22 bits per heavy atom. The lowest BCUT2D eigenvalue weighted by molar-refractivity contribution is 0.0527. The monoisotopic (exact) mass is 331 g/mol. The number of phenols is 2. The van der Waals surface area contributed by atoms with Gasteiger partial charge in [-0.1, -0.05) is 0 Å². The van der Waals surface area contributed by atoms with Crippen molar-refractivity contribution in [3.63, 3.8) is 0 Å². The van der Waals surface area contributed by atoms with Gasteiger partial charge in [-0.2, -0.15) is 0 Å². The van der Waals surface area contributed by atoms with Crippen LogP contribution >= 0.6 is 11.3 Å². The van der Waals surface area contributed by atoms with Gasteiger partial charge in [0.05, 0.1) is 12.2 Å². The first kappa shape index (κ1) is 15.6. The van der Waals surface area contributed by atoms with Crippen molar-refractivity contribution in [2.24, 2.45) is 4.99 Å². The molecule has 6 heteroatoms. The number of esters is 1. The lowest BCUT2D eigenvalue weighted by Gasteiger charge is -2.03. The third-order valence-corrected chi connectivity index (χ3v) is 4.92. The number of carbonyl (C=O) groups is 1. The predicted octanol–water partition coefficient (Wildman–Crippen LogP) is 3.58. The molecule has 0 radical (unpaired) electrons. The van der Waals surface area contributed by atoms with Crippen molar-refractivity contribution in [3.05, 3.63) is 39.8 Å². The number of benzene rings is 1. The van der Waals surface area contributed by atoms with E-state index >= 15 is 0 Å². The highest BCUT2D eigenvalue weighted by atomic mass is 32.1. The molecule has 1 aliphatic rings. The molecule has 2 aromatic rings. The number of hydrogen-bond acceptors (Lipinski definition) is 6. The van der Waals surface area contributed by atoms with E-state index in [9.17, 15) is 15.0 Å². The first-order valence-electron chi connectivity index (χ1n) is 7.48. The minimum absolute atomic E-state index is 0.0121. The SMILES string of the molecule is CCOC(=O)c1c(/N=C/c2ccc(O)cc2O)sc2c1CCC2. The summed E-state index contributed by atoms with van der Waals surface area (Å²) in [4.78, 5) is 17.8. The highest BCUT2D eigenvalue weighted by molar-refractivity contribution is 7.16. The minimum Gasteiger partial charge on any atom is -0.508 e. The molecule has 0 unspecified atom stereocenters. The van der Waals surface area contributed by atoms with Gasteiger partial charge in [0.25, 0.3) is 0 Å². The van der Waals surface area contributed by atoms with E-state index in [0.717, 1.165) is 24.8 Å². The first-order valence-corrected chi connectivity index (χ1v) is 8.29. The Hall–Kier alpha value is -2.34. The molecule has 120 valence electrons. The molecular weight excluding hydrogens is 314 g/mol. The molecule has 3 rings (SSSR count). The summed E-state index contributed by atoms with van der Waals surface area (Å²) < 4.78 is 5.16. The number of thiophene rings is 1. The molecule has 2 N–H and O–H groups in total. The lowest BCUT2D eigenvalue weighted by Crippen LogP contribution is -2.06. The quantitative estimate of drug-likeness (QED) is 0.663. The van der Waals surface area contributed by atoms with E-state index in [1.165, 1.54) is 34.6 Å². The standard InChI is InChI=1S/C17H17NO4S/c1-2-22-17(21)15-12-4-3-5-14(12)23-16(15)18-9-10-6-7-11(19)8-13(10)20/h6-9,19-20H,2-5H2,1H3/b18-9+. The average Bonchev–Trinajstić information content (AvgIpc) is 3.06. The fourth-order valence-electron chi connectivity index (χ4n) is 2.66. The summed E-state index contributed by atoms with van der Waals surface area (Å²) in [5.41, 5.74) is 2.08. The molecule has 1 heterocycles. The van der Waals surface area contributed by atoms with Crippen molar-refractivity contribution in [1.29, 1.82) is 0 Å². The number of phenolic OH excluding ortho intramolecular Hbond substituents is 2. The maximum Gasteiger partial charge on any atom is 0.341 e. The molecule has 0 atom stereocenters. The zero-order chi connectivity index (χ0) is 16.4. The topological polar surface area (TPSA) is 79.1 Å². The van der Waals surface area contributed by atoms with Crippen LogP contribution in [0.5, 0.6) is 11.5 Å². The van der Waals surface area contributed by atoms with E-state index in [4.69, 9.17) is 4.74 Å². The van der Waals surface area contributed by atoms with Gasteiger partial charge < -0.3 is 14.9 Å². The van der Waals surface area contributed by atoms with Gasteiger partial charge in [-0.15, -0.1) is 11.3 Å². The van der Waals surface area contributed by atoms with E-state index in [0.29, 0.717) is 22.7 Å². The Morgan fingerprint density at radius 1 is 1.39 bits per heavy atom. The molecule has 1 aromatic carbocycles. The van der Waals surface area contributed by atoms with Crippen LogP contribution in [0.2, 0.25) is 0 Å². The summed E-state index contributed by atoms with van der Waals surface area (Å²) >= 11 is 1.50. The number of carbonyl (C=O) groups excluding carboxylic acids is 1. The Bertz CT molecular complexity index is 779. The molecule has 23 heavy (non-hydrogen) atoms. The van der Waals surface area contributed by atoms with Crippen LogP contribution in [0.4, 0.5) is 5.00 Å². The second-order valence-electron chi connectivity index (χ2n) is 5.26. The van der Waals surface area contributed by atoms with E-state index in [1.807, 2.05) is 0 Å². The fourth-order valence-corrected chi connectivity index (χ4v) is 3.89. The molecule has 0 bridgehead atoms. The lowest BCUT2D eigenvalue weighted by atomic mass is 10.1. The summed E-state index contributed by atoms with van der Waals surface area (Å²) in [6.45, 7) is 2.10. The molecule has 0 saturated carbocycles. The van der Waals surface area contributed by atoms with Gasteiger partial charge in [-0.25, -0.2) is 9.79 Å². The van der Waals surface area contributed by atoms with Crippen molar-refractivity contribution < 1.29 is 19.7 Å². The molecule has 0 fully saturated rings. The number of aromatic hydroxyl groups is 2. The Labute approximate surface area is 137 Å². The summed E-state index contributed by atoms with van der Waals surface area (Å²) in [5, 5.41) is 19.7. The van der Waals surface area contributed by atoms with Gasteiger partial charge in [-0.3, -0.25) is 0 Å². The Morgan fingerprint density at radius 3 is 2.96 bits per heavy atom. The molecule has 1 aliphatic carbocycles. The van der Waals surface area contributed by atoms with Crippen molar-refractivity contribution in [2.45, 2.75) is 26.2 Å². The summed E-state index contributed by atoms with van der Waals surface area (Å²) in [5.74, 6) is -0.411. The number of ether oxygens (including phenoxy) is 1. The van der Waals surface area contributed by atoms with E-state index in [1.54, 1.807) is 13.0 Å². The summed E-state index contributed by atoms with van der Waals surface area (Å²) in [6.07, 6.45) is 4.39. The molecule has 0 spiro atoms. The van der Waals surface area contributed by atoms with E-state index in [-0.39, 0.29) is 17.5 Å². The van der Waals surface area contributed by atoms with Gasteiger partial charge in [-0.05, 0) is 43.9 Å². The fraction of sp³-hybridized carbons (Fsp3) is 0.294. The highest BCUT2D eigenvalue weighted by Crippen LogP contribution is 2.41. The molecule has 0 amide bonds. The van der Waals surface area contributed by atoms with Crippen LogP contribution in [0.1, 0.15) is 39.7 Å². The first-order chi connectivity index (χ1) is 11.1. The van der Waals surface area contributed by atoms with Crippen molar-refractivity contribution in [3.8, 4) is 11.5 Å². The van der Waals surface area contributed by atoms with Crippen LogP contribution in [-0.2, 0) is 17.6 Å². The molecule has 0 saturated heterocycles. The van der Waals surface area contributed by atoms with Gasteiger partial charge in [0.15, 0.2) is 0 Å². The van der Waals surface area contributed by atoms with Crippen molar-refractivity contribution in [1.82, 2.24) is 0 Å². The minimum atomic E-state index is -0.339. The number of hydrogen-bond donors (Lipinski definition) is 2. The highest BCUT2D eigenvalue weighted by Gasteiger charge is 2.27. The Kier molecular flexibility index (Phi) is 4.34. The molecule has 0 aliphatic heterocycles. The third-order valence-electron chi connectivity index (χ3n) is 3.72. The third kappa shape index (κ3) is 3.07. The van der Waals surface area contributed by atoms with Crippen LogP contribution in [0.15, 0.2) is 23.2 Å². The molecule has 5 nitrogen and oxygen atoms in total. The van der Waals surface area contributed by atoms with Crippen molar-refractivity contribution >= 4 is 28.5 Å². The zero-order valence-corrected chi connectivity index (χ0v) is 13.5. The van der Waals surface area contributed by atoms with Gasteiger partial charge in [0.2, 0.25) is 0 Å². The largest absolute Gasteiger partial charge is 0.508 e. The second kappa shape index (κ2) is 6.42. The maximum atomic E-state index is 12.2. The second-order valence-corrected chi connectivity index (χ2v) is 6.34. The number of aliphatic imine (C=N–C) groups is 1. The zero-order valence-electron chi connectivity index (χ0n) is 12.7. The number of nitrogens with zero attached hydrogens (tertiary/aromatic N) is 1. The van der Waals surface area contributed by atoms with E-state index < -0.39 is 0 Å². The van der Waals surface area contributed by atoms with E-state index in [2.05, 4.69) is 4.99 Å². The molecular formula is C17H17NO4S. The van der Waals surface area contributed by atoms with Crippen LogP contribution < -0.4 is 0 Å². The summed E-state index contributed by atoms with van der Waals surface area (Å²) in [6, 6.07) is 4.29. The Balaban J connectivity index is 1.96. The van der Waals surface area contributed by atoms with Gasteiger partial charge in [0.1, 0.15) is 16.5 Å². The smallest absolute Gasteiger partial charge is 0.341 e. The van der Waals surface area contributed by atoms with Crippen LogP contribution in [0.3, 0.4) is 0 Å². The van der Waals surface area contributed by atoms with Crippen molar-refractivity contribution in [2.75, 3.05) is 6.61 Å².